The molecule has 4 heteroatoms. The fraction of sp³-hybridized carbons (Fsp3) is 0.360. The van der Waals surface area contributed by atoms with E-state index in [1.165, 1.54) is 11.4 Å². The second-order valence-corrected chi connectivity index (χ2v) is 8.79. The molecule has 0 aliphatic carbocycles. The number of carbonyl (C=O) groups excluding carboxylic acids is 1. The number of hydrogen-bond acceptors (Lipinski definition) is 2. The van der Waals surface area contributed by atoms with E-state index in [1.54, 1.807) is 7.11 Å². The van der Waals surface area contributed by atoms with Crippen molar-refractivity contribution in [3.8, 4) is 17.0 Å². The van der Waals surface area contributed by atoms with Crippen LogP contribution in [0, 0.1) is 0 Å². The summed E-state index contributed by atoms with van der Waals surface area (Å²) < 4.78 is 9.75. The number of aromatic nitrogens is 2. The molecular formula is C25H29N2O2+. The maximum atomic E-state index is 13.0. The predicted molar refractivity (Wildman–Crippen MR) is 114 cm³/mol. The van der Waals surface area contributed by atoms with Crippen LogP contribution in [-0.4, -0.2) is 17.5 Å². The number of nitrogens with zero attached hydrogens (tertiary/aromatic N) is 2. The predicted octanol–water partition coefficient (Wildman–Crippen LogP) is 4.58. The molecule has 29 heavy (non-hydrogen) atoms. The molecule has 0 fully saturated rings. The number of ether oxygens (including phenoxy) is 1. The van der Waals surface area contributed by atoms with Crippen LogP contribution in [-0.2, 0) is 24.9 Å². The maximum absolute atomic E-state index is 13.0. The van der Waals surface area contributed by atoms with Crippen LogP contribution in [0.4, 0.5) is 0 Å². The molecule has 2 aromatic carbocycles. The summed E-state index contributed by atoms with van der Waals surface area (Å²) in [4.78, 5) is 13.0. The van der Waals surface area contributed by atoms with Crippen LogP contribution in [0.25, 0.3) is 11.3 Å². The smallest absolute Gasteiger partial charge is 0.257 e. The van der Waals surface area contributed by atoms with Crippen LogP contribution in [0.15, 0.2) is 54.7 Å². The third-order valence-electron chi connectivity index (χ3n) is 5.77. The molecule has 0 radical (unpaired) electrons. The van der Waals surface area contributed by atoms with E-state index in [9.17, 15) is 4.79 Å². The van der Waals surface area contributed by atoms with E-state index in [2.05, 4.69) is 60.4 Å². The van der Waals surface area contributed by atoms with Gasteiger partial charge in [-0.3, -0.25) is 4.79 Å². The average Bonchev–Trinajstić information content (AvgIpc) is 3.31. The SMILES string of the molecule is COc1ccc(-c2c[n+](CC(=O)c3ccc(C(C)(C)C)cc3)c3n2CCC3)cc1. The van der Waals surface area contributed by atoms with Gasteiger partial charge < -0.3 is 4.74 Å². The highest BCUT2D eigenvalue weighted by Crippen LogP contribution is 2.27. The largest absolute Gasteiger partial charge is 0.497 e. The molecule has 0 N–H and O–H groups in total. The van der Waals surface area contributed by atoms with Crippen molar-refractivity contribution in [2.75, 3.05) is 7.11 Å². The van der Waals surface area contributed by atoms with Crippen LogP contribution in [0.3, 0.4) is 0 Å². The van der Waals surface area contributed by atoms with Gasteiger partial charge in [0.15, 0.2) is 12.2 Å². The van der Waals surface area contributed by atoms with Gasteiger partial charge in [-0.2, -0.15) is 0 Å². The van der Waals surface area contributed by atoms with E-state index in [0.717, 1.165) is 42.0 Å². The lowest BCUT2D eigenvalue weighted by molar-refractivity contribution is -0.689. The zero-order chi connectivity index (χ0) is 20.6. The number of methoxy groups -OCH3 is 1. The number of hydrogen-bond donors (Lipinski definition) is 0. The Hall–Kier alpha value is -2.88. The number of rotatable bonds is 5. The number of ketones is 1. The Kier molecular flexibility index (Phi) is 5.03. The van der Waals surface area contributed by atoms with Crippen molar-refractivity contribution < 1.29 is 14.1 Å². The van der Waals surface area contributed by atoms with Crippen molar-refractivity contribution in [2.45, 2.75) is 52.1 Å². The van der Waals surface area contributed by atoms with Crippen LogP contribution in [0.1, 0.15) is 48.9 Å². The van der Waals surface area contributed by atoms with Crippen molar-refractivity contribution in [3.63, 3.8) is 0 Å². The van der Waals surface area contributed by atoms with Gasteiger partial charge in [0.25, 0.3) is 5.82 Å². The quantitative estimate of drug-likeness (QED) is 0.473. The fourth-order valence-electron chi connectivity index (χ4n) is 4.04. The first-order valence-corrected chi connectivity index (χ1v) is 10.3. The van der Waals surface area contributed by atoms with E-state index in [-0.39, 0.29) is 11.2 Å². The molecule has 4 rings (SSSR count). The fourth-order valence-corrected chi connectivity index (χ4v) is 4.04. The van der Waals surface area contributed by atoms with Gasteiger partial charge in [-0.25, -0.2) is 9.13 Å². The Labute approximate surface area is 172 Å². The minimum Gasteiger partial charge on any atom is -0.497 e. The molecule has 0 spiro atoms. The molecule has 150 valence electrons. The molecular weight excluding hydrogens is 360 g/mol. The molecule has 0 unspecified atom stereocenters. The summed E-state index contributed by atoms with van der Waals surface area (Å²) in [5, 5.41) is 0. The number of imidazole rings is 1. The first kappa shape index (κ1) is 19.4. The highest BCUT2D eigenvalue weighted by molar-refractivity contribution is 5.95. The Balaban J connectivity index is 1.60. The van der Waals surface area contributed by atoms with Gasteiger partial charge in [0.05, 0.1) is 20.1 Å². The Morgan fingerprint density at radius 3 is 2.38 bits per heavy atom. The first-order valence-electron chi connectivity index (χ1n) is 10.3. The summed E-state index contributed by atoms with van der Waals surface area (Å²) >= 11 is 0. The average molecular weight is 390 g/mol. The van der Waals surface area contributed by atoms with Gasteiger partial charge in [0, 0.05) is 11.1 Å². The lowest BCUT2D eigenvalue weighted by Gasteiger charge is -2.18. The van der Waals surface area contributed by atoms with Crippen LogP contribution in [0.5, 0.6) is 5.75 Å². The van der Waals surface area contributed by atoms with Crippen molar-refractivity contribution in [3.05, 3.63) is 71.7 Å². The van der Waals surface area contributed by atoms with E-state index >= 15 is 0 Å². The number of Topliss-reactive ketones (excluding diaryl/α,β-unsaturated/α-hetero) is 1. The summed E-state index contributed by atoms with van der Waals surface area (Å²) in [6.07, 6.45) is 4.25. The molecule has 1 aromatic heterocycles. The molecule has 0 atom stereocenters. The summed E-state index contributed by atoms with van der Waals surface area (Å²) in [7, 11) is 1.68. The zero-order valence-electron chi connectivity index (χ0n) is 17.7. The van der Waals surface area contributed by atoms with Crippen molar-refractivity contribution in [1.29, 1.82) is 0 Å². The Bertz CT molecular complexity index is 1020. The molecule has 4 nitrogen and oxygen atoms in total. The van der Waals surface area contributed by atoms with Crippen LogP contribution >= 0.6 is 0 Å². The monoisotopic (exact) mass is 389 g/mol. The number of carbonyl (C=O) groups is 1. The maximum Gasteiger partial charge on any atom is 0.257 e. The lowest BCUT2D eigenvalue weighted by Crippen LogP contribution is -2.40. The van der Waals surface area contributed by atoms with Gasteiger partial charge in [-0.05, 0) is 41.7 Å². The summed E-state index contributed by atoms with van der Waals surface area (Å²) in [5.41, 5.74) is 4.42. The summed E-state index contributed by atoms with van der Waals surface area (Å²) in [6.45, 7) is 7.93. The van der Waals surface area contributed by atoms with Gasteiger partial charge >= 0.3 is 0 Å². The van der Waals surface area contributed by atoms with E-state index in [4.69, 9.17) is 4.74 Å². The van der Waals surface area contributed by atoms with Crippen molar-refractivity contribution in [2.24, 2.45) is 0 Å². The van der Waals surface area contributed by atoms with Crippen LogP contribution < -0.4 is 9.30 Å². The molecule has 1 aliphatic rings. The minimum atomic E-state index is 0.0900. The normalized spacial score (nSPS) is 13.4. The summed E-state index contributed by atoms with van der Waals surface area (Å²) in [6, 6.07) is 16.2. The Morgan fingerprint density at radius 1 is 1.07 bits per heavy atom. The number of benzene rings is 2. The highest BCUT2D eigenvalue weighted by Gasteiger charge is 2.29. The van der Waals surface area contributed by atoms with E-state index in [1.807, 2.05) is 24.3 Å². The standard InChI is InChI=1S/C25H29N2O2/c1-25(2,3)20-11-7-19(8-12-20)23(28)17-26-16-22(27-15-5-6-24(26)27)18-9-13-21(29-4)14-10-18/h7-14,16H,5-6,15,17H2,1-4H3/q+1. The van der Waals surface area contributed by atoms with Crippen molar-refractivity contribution in [1.82, 2.24) is 4.57 Å². The van der Waals surface area contributed by atoms with E-state index < -0.39 is 0 Å². The molecule has 0 saturated carbocycles. The molecule has 1 aliphatic heterocycles. The second-order valence-electron chi connectivity index (χ2n) is 8.79. The molecule has 3 aromatic rings. The molecule has 2 heterocycles. The topological polar surface area (TPSA) is 35.1 Å². The van der Waals surface area contributed by atoms with Gasteiger partial charge in [0.1, 0.15) is 11.9 Å². The molecule has 0 amide bonds. The molecule has 0 bridgehead atoms. The Morgan fingerprint density at radius 2 is 1.76 bits per heavy atom. The third-order valence-corrected chi connectivity index (χ3v) is 5.77. The van der Waals surface area contributed by atoms with Crippen LogP contribution in [0.2, 0.25) is 0 Å². The number of fused-ring (bicyclic) bond motifs is 1. The first-order chi connectivity index (χ1) is 13.9. The van der Waals surface area contributed by atoms with Crippen molar-refractivity contribution >= 4 is 5.78 Å². The van der Waals surface area contributed by atoms with Gasteiger partial charge in [-0.1, -0.05) is 45.0 Å². The lowest BCUT2D eigenvalue weighted by atomic mass is 9.86. The summed E-state index contributed by atoms with van der Waals surface area (Å²) in [5.74, 6) is 2.23. The third kappa shape index (κ3) is 3.84. The molecule has 0 saturated heterocycles. The van der Waals surface area contributed by atoms with E-state index in [0.29, 0.717) is 6.54 Å². The van der Waals surface area contributed by atoms with Gasteiger partial charge in [0.2, 0.25) is 5.78 Å². The van der Waals surface area contributed by atoms with Gasteiger partial charge in [-0.15, -0.1) is 0 Å². The highest BCUT2D eigenvalue weighted by atomic mass is 16.5. The second kappa shape index (κ2) is 7.51. The minimum absolute atomic E-state index is 0.0900. The zero-order valence-corrected chi connectivity index (χ0v) is 17.7.